The Balaban J connectivity index is 1.55. The fourth-order valence-electron chi connectivity index (χ4n) is 2.61. The first kappa shape index (κ1) is 17.2. The van der Waals surface area contributed by atoms with E-state index in [9.17, 15) is 4.79 Å². The van der Waals surface area contributed by atoms with Gasteiger partial charge in [-0.15, -0.1) is 0 Å². The highest BCUT2D eigenvalue weighted by Gasteiger charge is 2.10. The molecule has 0 radical (unpaired) electrons. The molecule has 0 saturated heterocycles. The molecule has 27 heavy (non-hydrogen) atoms. The summed E-state index contributed by atoms with van der Waals surface area (Å²) in [5, 5.41) is 1.11. The summed E-state index contributed by atoms with van der Waals surface area (Å²) in [4.78, 5) is 12.6. The number of benzene rings is 3. The van der Waals surface area contributed by atoms with Gasteiger partial charge in [0.15, 0.2) is 0 Å². The summed E-state index contributed by atoms with van der Waals surface area (Å²) in [5.41, 5.74) is 1.20. The molecule has 0 bridgehead atoms. The first-order valence-electron chi connectivity index (χ1n) is 8.35. The molecule has 4 nitrogen and oxygen atoms in total. The summed E-state index contributed by atoms with van der Waals surface area (Å²) >= 11 is 5.88. The highest BCUT2D eigenvalue weighted by molar-refractivity contribution is 6.30. The molecule has 0 unspecified atom stereocenters. The molecule has 1 aromatic heterocycles. The van der Waals surface area contributed by atoms with Crippen molar-refractivity contribution in [1.82, 2.24) is 0 Å². The summed E-state index contributed by atoms with van der Waals surface area (Å²) in [5.74, 6) is 1.33. The summed E-state index contributed by atoms with van der Waals surface area (Å²) in [7, 11) is 0. The smallest absolute Gasteiger partial charge is 0.235 e. The van der Waals surface area contributed by atoms with E-state index in [4.69, 9.17) is 25.5 Å². The zero-order valence-corrected chi connectivity index (χ0v) is 15.0. The van der Waals surface area contributed by atoms with E-state index in [0.29, 0.717) is 34.1 Å². The summed E-state index contributed by atoms with van der Waals surface area (Å²) < 4.78 is 17.0. The molecular weight excluding hydrogens is 364 g/mol. The average Bonchev–Trinajstić information content (AvgIpc) is 2.70. The zero-order chi connectivity index (χ0) is 18.6. The fraction of sp³-hybridized carbons (Fsp3) is 0.0455. The molecule has 0 saturated carbocycles. The van der Waals surface area contributed by atoms with E-state index < -0.39 is 0 Å². The molecule has 5 heteroatoms. The van der Waals surface area contributed by atoms with Gasteiger partial charge in [-0.05, 0) is 42.0 Å². The lowest BCUT2D eigenvalue weighted by atomic mass is 10.2. The van der Waals surface area contributed by atoms with E-state index in [2.05, 4.69) is 0 Å². The number of para-hydroxylation sites is 1. The third kappa shape index (κ3) is 3.96. The van der Waals surface area contributed by atoms with Crippen molar-refractivity contribution >= 4 is 22.6 Å². The van der Waals surface area contributed by atoms with Gasteiger partial charge in [-0.25, -0.2) is 0 Å². The lowest BCUT2D eigenvalue weighted by Crippen LogP contribution is -2.05. The van der Waals surface area contributed by atoms with Crippen LogP contribution in [0.3, 0.4) is 0 Å². The lowest BCUT2D eigenvalue weighted by molar-refractivity contribution is 0.306. The standard InChI is InChI=1S/C22H15ClO4/c23-16-8-6-15(7-9-16)13-25-18-10-11-19-20(12-18)26-14-21(22(19)24)27-17-4-2-1-3-5-17/h1-12,14H,13H2. The molecule has 0 aliphatic rings. The predicted octanol–water partition coefficient (Wildman–Crippen LogP) is 5.82. The Bertz CT molecular complexity index is 1120. The molecule has 0 aliphatic carbocycles. The van der Waals surface area contributed by atoms with Gasteiger partial charge in [0, 0.05) is 11.1 Å². The summed E-state index contributed by atoms with van der Waals surface area (Å²) in [6, 6.07) is 21.6. The highest BCUT2D eigenvalue weighted by Crippen LogP contribution is 2.24. The van der Waals surface area contributed by atoms with Crippen LogP contribution in [-0.2, 0) is 6.61 Å². The molecule has 0 fully saturated rings. The number of hydrogen-bond acceptors (Lipinski definition) is 4. The number of hydrogen-bond donors (Lipinski definition) is 0. The van der Waals surface area contributed by atoms with Crippen LogP contribution in [-0.4, -0.2) is 0 Å². The molecule has 0 atom stereocenters. The van der Waals surface area contributed by atoms with Crippen LogP contribution in [0.2, 0.25) is 5.02 Å². The normalized spacial score (nSPS) is 10.7. The summed E-state index contributed by atoms with van der Waals surface area (Å²) in [6.07, 6.45) is 1.32. The monoisotopic (exact) mass is 378 g/mol. The predicted molar refractivity (Wildman–Crippen MR) is 105 cm³/mol. The minimum absolute atomic E-state index is 0.142. The van der Waals surface area contributed by atoms with E-state index in [1.54, 1.807) is 30.3 Å². The van der Waals surface area contributed by atoms with Gasteiger partial charge in [0.1, 0.15) is 30.0 Å². The molecular formula is C22H15ClO4. The molecule has 4 aromatic rings. The maximum absolute atomic E-state index is 12.6. The number of halogens is 1. The van der Waals surface area contributed by atoms with E-state index in [1.165, 1.54) is 6.26 Å². The Morgan fingerprint density at radius 1 is 0.889 bits per heavy atom. The Hall–Kier alpha value is -3.24. The van der Waals surface area contributed by atoms with Crippen molar-refractivity contribution in [3.05, 3.63) is 99.9 Å². The fourth-order valence-corrected chi connectivity index (χ4v) is 2.74. The second-order valence-corrected chi connectivity index (χ2v) is 6.35. The van der Waals surface area contributed by atoms with Crippen molar-refractivity contribution < 1.29 is 13.9 Å². The maximum Gasteiger partial charge on any atom is 0.235 e. The van der Waals surface area contributed by atoms with E-state index in [1.807, 2.05) is 42.5 Å². The minimum atomic E-state index is -0.232. The SMILES string of the molecule is O=c1c(Oc2ccccc2)coc2cc(OCc3ccc(Cl)cc3)ccc12. The molecule has 0 aliphatic heterocycles. The van der Waals surface area contributed by atoms with Crippen molar-refractivity contribution in [2.24, 2.45) is 0 Å². The first-order valence-corrected chi connectivity index (χ1v) is 8.72. The van der Waals surface area contributed by atoms with Crippen molar-refractivity contribution in [2.45, 2.75) is 6.61 Å². The number of rotatable bonds is 5. The quantitative estimate of drug-likeness (QED) is 0.439. The van der Waals surface area contributed by atoms with Crippen LogP contribution < -0.4 is 14.9 Å². The third-order valence-corrected chi connectivity index (χ3v) is 4.26. The largest absolute Gasteiger partial charge is 0.489 e. The van der Waals surface area contributed by atoms with Gasteiger partial charge < -0.3 is 13.9 Å². The maximum atomic E-state index is 12.6. The molecule has 0 spiro atoms. The minimum Gasteiger partial charge on any atom is -0.489 e. The number of ether oxygens (including phenoxy) is 2. The Morgan fingerprint density at radius 3 is 2.44 bits per heavy atom. The highest BCUT2D eigenvalue weighted by atomic mass is 35.5. The average molecular weight is 379 g/mol. The van der Waals surface area contributed by atoms with Crippen LogP contribution in [0.25, 0.3) is 11.0 Å². The number of fused-ring (bicyclic) bond motifs is 1. The van der Waals surface area contributed by atoms with Crippen molar-refractivity contribution in [1.29, 1.82) is 0 Å². The van der Waals surface area contributed by atoms with Gasteiger partial charge in [0.25, 0.3) is 0 Å². The Kier molecular flexibility index (Phi) is 4.81. The van der Waals surface area contributed by atoms with Gasteiger partial charge in [-0.1, -0.05) is 41.9 Å². The molecule has 134 valence electrons. The molecule has 0 N–H and O–H groups in total. The second-order valence-electron chi connectivity index (χ2n) is 5.92. The molecule has 3 aromatic carbocycles. The van der Waals surface area contributed by atoms with E-state index >= 15 is 0 Å². The van der Waals surface area contributed by atoms with E-state index in [0.717, 1.165) is 5.56 Å². The van der Waals surface area contributed by atoms with Crippen molar-refractivity contribution in [3.63, 3.8) is 0 Å². The molecule has 4 rings (SSSR count). The lowest BCUT2D eigenvalue weighted by Gasteiger charge is -2.08. The van der Waals surface area contributed by atoms with Gasteiger partial charge in [-0.2, -0.15) is 0 Å². The second kappa shape index (κ2) is 7.56. The Labute approximate surface area is 160 Å². The Morgan fingerprint density at radius 2 is 1.67 bits per heavy atom. The van der Waals surface area contributed by atoms with E-state index in [-0.39, 0.29) is 11.2 Å². The van der Waals surface area contributed by atoms with Crippen LogP contribution in [0.4, 0.5) is 0 Å². The van der Waals surface area contributed by atoms with Crippen LogP contribution in [0.15, 0.2) is 88.3 Å². The van der Waals surface area contributed by atoms with Gasteiger partial charge in [0.2, 0.25) is 11.2 Å². The zero-order valence-electron chi connectivity index (χ0n) is 14.2. The van der Waals surface area contributed by atoms with Gasteiger partial charge >= 0.3 is 0 Å². The van der Waals surface area contributed by atoms with Crippen LogP contribution in [0, 0.1) is 0 Å². The van der Waals surface area contributed by atoms with Gasteiger partial charge in [0.05, 0.1) is 5.39 Å². The summed E-state index contributed by atoms with van der Waals surface area (Å²) in [6.45, 7) is 0.391. The molecule has 1 heterocycles. The molecule has 0 amide bonds. The van der Waals surface area contributed by atoms with Crippen molar-refractivity contribution in [3.8, 4) is 17.2 Å². The van der Waals surface area contributed by atoms with Crippen LogP contribution in [0.5, 0.6) is 17.2 Å². The third-order valence-electron chi connectivity index (χ3n) is 4.00. The van der Waals surface area contributed by atoms with Crippen molar-refractivity contribution in [2.75, 3.05) is 0 Å². The van der Waals surface area contributed by atoms with Gasteiger partial charge in [-0.3, -0.25) is 4.79 Å². The van der Waals surface area contributed by atoms with Crippen LogP contribution in [0.1, 0.15) is 5.56 Å². The first-order chi connectivity index (χ1) is 13.2. The topological polar surface area (TPSA) is 48.7 Å². The van der Waals surface area contributed by atoms with Crippen LogP contribution >= 0.6 is 11.6 Å².